The summed E-state index contributed by atoms with van der Waals surface area (Å²) in [6.45, 7) is 8.82. The maximum absolute atomic E-state index is 12.5. The molecule has 0 bridgehead atoms. The number of carbonyl (C=O) groups excluding carboxylic acids is 1. The van der Waals surface area contributed by atoms with E-state index in [1.165, 1.54) is 5.56 Å². The van der Waals surface area contributed by atoms with Crippen molar-refractivity contribution < 1.29 is 4.79 Å². The Kier molecular flexibility index (Phi) is 6.21. The number of nitrogens with one attached hydrogen (secondary N) is 1. The average Bonchev–Trinajstić information content (AvgIpc) is 3.21. The summed E-state index contributed by atoms with van der Waals surface area (Å²) in [5.41, 5.74) is 5.42. The Morgan fingerprint density at radius 1 is 0.967 bits per heavy atom. The molecule has 1 aliphatic heterocycles. The van der Waals surface area contributed by atoms with Gasteiger partial charge in [0, 0.05) is 56.0 Å². The topological polar surface area (TPSA) is 66.3 Å². The standard InChI is InChI=1S/C23H28N6O/c1-18-4-3-5-21(19(18)2)26-23(30)16-27-12-14-28(15-13-27)17-29-22(8-11-25-29)20-6-9-24-10-7-20/h3-11H,12-17H2,1-2H3,(H,26,30). The zero-order chi connectivity index (χ0) is 20.9. The summed E-state index contributed by atoms with van der Waals surface area (Å²) in [5.74, 6) is 0.0456. The number of pyridine rings is 1. The third-order valence-corrected chi connectivity index (χ3v) is 5.74. The predicted molar refractivity (Wildman–Crippen MR) is 118 cm³/mol. The number of amides is 1. The molecule has 1 N–H and O–H groups in total. The monoisotopic (exact) mass is 404 g/mol. The Bertz CT molecular complexity index is 992. The van der Waals surface area contributed by atoms with Crippen LogP contribution in [0.15, 0.2) is 55.0 Å². The van der Waals surface area contributed by atoms with Crippen molar-refractivity contribution in [1.29, 1.82) is 0 Å². The van der Waals surface area contributed by atoms with Gasteiger partial charge in [0.05, 0.1) is 18.9 Å². The van der Waals surface area contributed by atoms with Crippen molar-refractivity contribution >= 4 is 11.6 Å². The molecular formula is C23H28N6O. The van der Waals surface area contributed by atoms with Crippen LogP contribution in [0.4, 0.5) is 5.69 Å². The Balaban J connectivity index is 1.28. The largest absolute Gasteiger partial charge is 0.325 e. The number of hydrogen-bond acceptors (Lipinski definition) is 5. The molecule has 1 aromatic carbocycles. The highest BCUT2D eigenvalue weighted by Gasteiger charge is 2.20. The number of rotatable bonds is 6. The lowest BCUT2D eigenvalue weighted by Crippen LogP contribution is -2.49. The minimum absolute atomic E-state index is 0.0456. The summed E-state index contributed by atoms with van der Waals surface area (Å²) in [7, 11) is 0. The highest BCUT2D eigenvalue weighted by atomic mass is 16.2. The van der Waals surface area contributed by atoms with Gasteiger partial charge in [-0.25, -0.2) is 0 Å². The SMILES string of the molecule is Cc1cccc(NC(=O)CN2CCN(Cn3nccc3-c3ccncc3)CC2)c1C. The highest BCUT2D eigenvalue weighted by molar-refractivity contribution is 5.93. The van der Waals surface area contributed by atoms with Gasteiger partial charge in [0.1, 0.15) is 0 Å². The number of aryl methyl sites for hydroxylation is 1. The van der Waals surface area contributed by atoms with Crippen molar-refractivity contribution in [2.75, 3.05) is 38.0 Å². The lowest BCUT2D eigenvalue weighted by molar-refractivity contribution is -0.117. The van der Waals surface area contributed by atoms with Crippen LogP contribution in [0, 0.1) is 13.8 Å². The van der Waals surface area contributed by atoms with E-state index in [1.807, 2.05) is 48.1 Å². The molecule has 0 spiro atoms. The van der Waals surface area contributed by atoms with Gasteiger partial charge in [0.2, 0.25) is 5.91 Å². The number of piperazine rings is 1. The molecule has 0 atom stereocenters. The van der Waals surface area contributed by atoms with Crippen LogP contribution in [0.1, 0.15) is 11.1 Å². The van der Waals surface area contributed by atoms with E-state index >= 15 is 0 Å². The predicted octanol–water partition coefficient (Wildman–Crippen LogP) is 2.78. The van der Waals surface area contributed by atoms with Gasteiger partial charge in [-0.15, -0.1) is 0 Å². The average molecular weight is 405 g/mol. The van der Waals surface area contributed by atoms with Gasteiger partial charge in [-0.05, 0) is 49.2 Å². The third-order valence-electron chi connectivity index (χ3n) is 5.74. The molecule has 0 saturated carbocycles. The van der Waals surface area contributed by atoms with E-state index in [4.69, 9.17) is 0 Å². The van der Waals surface area contributed by atoms with Crippen molar-refractivity contribution in [3.63, 3.8) is 0 Å². The van der Waals surface area contributed by atoms with Crippen molar-refractivity contribution in [3.8, 4) is 11.3 Å². The Morgan fingerprint density at radius 2 is 1.70 bits per heavy atom. The smallest absolute Gasteiger partial charge is 0.238 e. The summed E-state index contributed by atoms with van der Waals surface area (Å²) in [6, 6.07) is 12.0. The Hall–Kier alpha value is -3.03. The van der Waals surface area contributed by atoms with Crippen molar-refractivity contribution in [2.24, 2.45) is 0 Å². The molecule has 1 amide bonds. The van der Waals surface area contributed by atoms with Crippen molar-refractivity contribution in [2.45, 2.75) is 20.5 Å². The van der Waals surface area contributed by atoms with Crippen molar-refractivity contribution in [1.82, 2.24) is 24.6 Å². The molecule has 7 heteroatoms. The summed E-state index contributed by atoms with van der Waals surface area (Å²) in [5, 5.41) is 7.55. The molecule has 1 saturated heterocycles. The van der Waals surface area contributed by atoms with Crippen LogP contribution in [0.2, 0.25) is 0 Å². The molecule has 3 aromatic rings. The number of benzene rings is 1. The van der Waals surface area contributed by atoms with Crippen molar-refractivity contribution in [3.05, 3.63) is 66.1 Å². The van der Waals surface area contributed by atoms with E-state index in [-0.39, 0.29) is 5.91 Å². The third kappa shape index (κ3) is 4.75. The molecule has 0 unspecified atom stereocenters. The summed E-state index contributed by atoms with van der Waals surface area (Å²) in [4.78, 5) is 21.2. The van der Waals surface area contributed by atoms with Crippen LogP contribution in [0.25, 0.3) is 11.3 Å². The number of hydrogen-bond donors (Lipinski definition) is 1. The van der Waals surface area contributed by atoms with Crippen LogP contribution >= 0.6 is 0 Å². The maximum atomic E-state index is 12.5. The van der Waals surface area contributed by atoms with Crippen LogP contribution in [-0.2, 0) is 11.5 Å². The zero-order valence-corrected chi connectivity index (χ0v) is 17.6. The van der Waals surface area contributed by atoms with Crippen LogP contribution in [-0.4, -0.2) is 63.2 Å². The second kappa shape index (κ2) is 9.19. The number of anilines is 1. The summed E-state index contributed by atoms with van der Waals surface area (Å²) < 4.78 is 2.03. The molecule has 0 radical (unpaired) electrons. The first-order chi connectivity index (χ1) is 14.6. The number of nitrogens with zero attached hydrogens (tertiary/aromatic N) is 5. The summed E-state index contributed by atoms with van der Waals surface area (Å²) in [6.07, 6.45) is 5.44. The highest BCUT2D eigenvalue weighted by Crippen LogP contribution is 2.19. The van der Waals surface area contributed by atoms with Gasteiger partial charge >= 0.3 is 0 Å². The molecule has 3 heterocycles. The van der Waals surface area contributed by atoms with Gasteiger partial charge < -0.3 is 5.32 Å². The molecule has 0 aliphatic carbocycles. The first-order valence-corrected chi connectivity index (χ1v) is 10.3. The summed E-state index contributed by atoms with van der Waals surface area (Å²) >= 11 is 0. The van der Waals surface area contributed by atoms with Gasteiger partial charge in [-0.3, -0.25) is 24.3 Å². The minimum Gasteiger partial charge on any atom is -0.325 e. The molecular weight excluding hydrogens is 376 g/mol. The maximum Gasteiger partial charge on any atom is 0.238 e. The fraction of sp³-hybridized carbons (Fsp3) is 0.348. The Labute approximate surface area is 177 Å². The Morgan fingerprint density at radius 3 is 2.47 bits per heavy atom. The second-order valence-corrected chi connectivity index (χ2v) is 7.78. The quantitative estimate of drug-likeness (QED) is 0.684. The van der Waals surface area contributed by atoms with E-state index in [1.54, 1.807) is 12.4 Å². The van der Waals surface area contributed by atoms with Gasteiger partial charge in [0.25, 0.3) is 0 Å². The molecule has 2 aromatic heterocycles. The molecule has 1 aliphatic rings. The van der Waals surface area contributed by atoms with Gasteiger partial charge in [-0.2, -0.15) is 5.10 Å². The lowest BCUT2D eigenvalue weighted by Gasteiger charge is -2.34. The molecule has 1 fully saturated rings. The normalized spacial score (nSPS) is 15.3. The molecule has 30 heavy (non-hydrogen) atoms. The first-order valence-electron chi connectivity index (χ1n) is 10.3. The van der Waals surface area contributed by atoms with Crippen LogP contribution in [0.5, 0.6) is 0 Å². The van der Waals surface area contributed by atoms with E-state index in [0.29, 0.717) is 6.54 Å². The first kappa shape index (κ1) is 20.3. The van der Waals surface area contributed by atoms with E-state index in [2.05, 4.69) is 38.2 Å². The van der Waals surface area contributed by atoms with Gasteiger partial charge in [-0.1, -0.05) is 12.1 Å². The van der Waals surface area contributed by atoms with E-state index in [0.717, 1.165) is 55.4 Å². The number of carbonyl (C=O) groups is 1. The fourth-order valence-corrected chi connectivity index (χ4v) is 3.77. The molecule has 156 valence electrons. The van der Waals surface area contributed by atoms with E-state index < -0.39 is 0 Å². The number of aromatic nitrogens is 3. The van der Waals surface area contributed by atoms with Crippen LogP contribution in [0.3, 0.4) is 0 Å². The van der Waals surface area contributed by atoms with Crippen LogP contribution < -0.4 is 5.32 Å². The lowest BCUT2D eigenvalue weighted by atomic mass is 10.1. The second-order valence-electron chi connectivity index (χ2n) is 7.78. The van der Waals surface area contributed by atoms with E-state index in [9.17, 15) is 4.79 Å². The molecule has 7 nitrogen and oxygen atoms in total. The molecule has 4 rings (SSSR count). The minimum atomic E-state index is 0.0456. The van der Waals surface area contributed by atoms with Gasteiger partial charge in [0.15, 0.2) is 0 Å². The zero-order valence-electron chi connectivity index (χ0n) is 17.6. The fourth-order valence-electron chi connectivity index (χ4n) is 3.77.